The normalized spacial score (nSPS) is 16.5. The summed E-state index contributed by atoms with van der Waals surface area (Å²) in [6.45, 7) is 6.89. The molecule has 0 saturated carbocycles. The van der Waals surface area contributed by atoms with E-state index in [1.54, 1.807) is 12.1 Å². The number of aromatic amines is 1. The van der Waals surface area contributed by atoms with Crippen molar-refractivity contribution < 1.29 is 9.18 Å². The predicted molar refractivity (Wildman–Crippen MR) is 109 cm³/mol. The third-order valence-corrected chi connectivity index (χ3v) is 5.84. The third-order valence-electron chi connectivity index (χ3n) is 5.84. The molecular formula is C22H31FN4O. The van der Waals surface area contributed by atoms with Gasteiger partial charge in [-0.2, -0.15) is 5.10 Å². The van der Waals surface area contributed by atoms with Crippen LogP contribution in [-0.2, 0) is 11.2 Å². The second-order valence-electron chi connectivity index (χ2n) is 8.05. The maximum Gasteiger partial charge on any atom is 0.239 e. The zero-order valence-corrected chi connectivity index (χ0v) is 17.1. The Labute approximate surface area is 166 Å². The van der Waals surface area contributed by atoms with E-state index in [1.807, 2.05) is 24.9 Å². The van der Waals surface area contributed by atoms with Crippen LogP contribution < -0.4 is 0 Å². The average Bonchev–Trinajstić information content (AvgIpc) is 3.17. The summed E-state index contributed by atoms with van der Waals surface area (Å²) in [5.74, 6) is 0.728. The largest absolute Gasteiger partial charge is 0.341 e. The minimum atomic E-state index is -0.245. The van der Waals surface area contributed by atoms with Crippen molar-refractivity contribution in [2.45, 2.75) is 45.6 Å². The molecule has 1 amide bonds. The highest BCUT2D eigenvalue weighted by atomic mass is 19.1. The van der Waals surface area contributed by atoms with Gasteiger partial charge in [0.05, 0.1) is 11.7 Å². The minimum Gasteiger partial charge on any atom is -0.341 e. The number of hydrogen-bond acceptors (Lipinski definition) is 3. The Morgan fingerprint density at radius 3 is 2.68 bits per heavy atom. The van der Waals surface area contributed by atoms with Gasteiger partial charge in [0.1, 0.15) is 5.82 Å². The molecule has 5 nitrogen and oxygen atoms in total. The van der Waals surface area contributed by atoms with Crippen molar-refractivity contribution in [3.63, 3.8) is 0 Å². The van der Waals surface area contributed by atoms with Gasteiger partial charge < -0.3 is 4.90 Å². The lowest BCUT2D eigenvalue weighted by Crippen LogP contribution is -2.48. The molecule has 6 heteroatoms. The number of rotatable bonds is 7. The first-order valence-corrected chi connectivity index (χ1v) is 10.2. The molecule has 2 aromatic rings. The molecule has 0 spiro atoms. The Morgan fingerprint density at radius 2 is 2.00 bits per heavy atom. The number of aromatic nitrogens is 2. The molecule has 2 heterocycles. The van der Waals surface area contributed by atoms with E-state index in [9.17, 15) is 9.18 Å². The van der Waals surface area contributed by atoms with E-state index < -0.39 is 0 Å². The molecule has 1 aromatic carbocycles. The quantitative estimate of drug-likeness (QED) is 0.789. The number of carbonyl (C=O) groups excluding carboxylic acids is 1. The number of piperidine rings is 1. The van der Waals surface area contributed by atoms with Crippen molar-refractivity contribution in [2.24, 2.45) is 5.92 Å². The van der Waals surface area contributed by atoms with Crippen LogP contribution in [0.2, 0.25) is 0 Å². The van der Waals surface area contributed by atoms with Gasteiger partial charge in [-0.05, 0) is 82.4 Å². The second kappa shape index (κ2) is 9.32. The van der Waals surface area contributed by atoms with Crippen molar-refractivity contribution in [3.8, 4) is 11.3 Å². The molecule has 1 N–H and O–H groups in total. The standard InChI is InChI=1S/C22H31FN4O/c1-16-10-13-27(14-11-16)22(28)17(2)26(3)12-4-5-20-15-21(25-24-20)18-6-8-19(23)9-7-18/h6-9,15-17H,4-5,10-14H2,1-3H3,(H,24,25). The molecule has 1 aliphatic rings. The molecule has 1 fully saturated rings. The van der Waals surface area contributed by atoms with Gasteiger partial charge >= 0.3 is 0 Å². The van der Waals surface area contributed by atoms with Gasteiger partial charge in [-0.15, -0.1) is 0 Å². The van der Waals surface area contributed by atoms with Crippen LogP contribution in [0, 0.1) is 11.7 Å². The number of nitrogens with zero attached hydrogens (tertiary/aromatic N) is 3. The van der Waals surface area contributed by atoms with Crippen LogP contribution in [0.15, 0.2) is 30.3 Å². The summed E-state index contributed by atoms with van der Waals surface area (Å²) in [4.78, 5) is 16.9. The Balaban J connectivity index is 1.45. The zero-order valence-electron chi connectivity index (χ0n) is 17.1. The van der Waals surface area contributed by atoms with E-state index in [4.69, 9.17) is 0 Å². The van der Waals surface area contributed by atoms with Gasteiger partial charge in [0.25, 0.3) is 0 Å². The molecule has 1 atom stereocenters. The van der Waals surface area contributed by atoms with E-state index in [2.05, 4.69) is 22.0 Å². The number of likely N-dealkylation sites (tertiary alicyclic amines) is 1. The lowest BCUT2D eigenvalue weighted by atomic mass is 9.98. The summed E-state index contributed by atoms with van der Waals surface area (Å²) in [5, 5.41) is 7.39. The van der Waals surface area contributed by atoms with Crippen LogP contribution in [0.1, 0.15) is 38.8 Å². The summed E-state index contributed by atoms with van der Waals surface area (Å²) < 4.78 is 13.0. The van der Waals surface area contributed by atoms with Crippen LogP contribution >= 0.6 is 0 Å². The fourth-order valence-electron chi connectivity index (χ4n) is 3.65. The summed E-state index contributed by atoms with van der Waals surface area (Å²) in [6.07, 6.45) is 4.02. The highest BCUT2D eigenvalue weighted by Crippen LogP contribution is 2.19. The number of likely N-dealkylation sites (N-methyl/N-ethyl adjacent to an activating group) is 1. The molecule has 1 unspecified atom stereocenters. The highest BCUT2D eigenvalue weighted by Gasteiger charge is 2.26. The van der Waals surface area contributed by atoms with E-state index in [0.717, 1.165) is 68.2 Å². The number of nitrogens with one attached hydrogen (secondary N) is 1. The number of aryl methyl sites for hydroxylation is 1. The lowest BCUT2D eigenvalue weighted by Gasteiger charge is -2.34. The van der Waals surface area contributed by atoms with Crippen LogP contribution in [-0.4, -0.2) is 58.6 Å². The van der Waals surface area contributed by atoms with Crippen molar-refractivity contribution in [1.29, 1.82) is 0 Å². The first-order chi connectivity index (χ1) is 13.4. The molecule has 0 bridgehead atoms. The van der Waals surface area contributed by atoms with Gasteiger partial charge in [-0.25, -0.2) is 4.39 Å². The number of halogens is 1. The molecule has 1 aromatic heterocycles. The zero-order chi connectivity index (χ0) is 20.1. The second-order valence-corrected chi connectivity index (χ2v) is 8.05. The van der Waals surface area contributed by atoms with E-state index >= 15 is 0 Å². The highest BCUT2D eigenvalue weighted by molar-refractivity contribution is 5.81. The number of benzene rings is 1. The maximum atomic E-state index is 13.0. The average molecular weight is 387 g/mol. The number of amides is 1. The smallest absolute Gasteiger partial charge is 0.239 e. The van der Waals surface area contributed by atoms with Crippen LogP contribution in [0.25, 0.3) is 11.3 Å². The van der Waals surface area contributed by atoms with Gasteiger partial charge in [-0.3, -0.25) is 14.8 Å². The third kappa shape index (κ3) is 5.19. The minimum absolute atomic E-state index is 0.0926. The monoisotopic (exact) mass is 386 g/mol. The number of H-pyrrole nitrogens is 1. The molecule has 0 aliphatic carbocycles. The maximum absolute atomic E-state index is 13.0. The van der Waals surface area contributed by atoms with E-state index in [0.29, 0.717) is 0 Å². The molecule has 152 valence electrons. The predicted octanol–water partition coefficient (Wildman–Crippen LogP) is 3.73. The Hall–Kier alpha value is -2.21. The van der Waals surface area contributed by atoms with Gasteiger partial charge in [0.15, 0.2) is 0 Å². The van der Waals surface area contributed by atoms with E-state index in [1.165, 1.54) is 12.1 Å². The summed E-state index contributed by atoms with van der Waals surface area (Å²) in [7, 11) is 2.02. The topological polar surface area (TPSA) is 52.2 Å². The summed E-state index contributed by atoms with van der Waals surface area (Å²) in [5.41, 5.74) is 2.78. The molecular weight excluding hydrogens is 355 g/mol. The molecule has 1 aliphatic heterocycles. The van der Waals surface area contributed by atoms with Gasteiger partial charge in [0, 0.05) is 24.3 Å². The van der Waals surface area contributed by atoms with Crippen molar-refractivity contribution in [1.82, 2.24) is 20.0 Å². The van der Waals surface area contributed by atoms with Gasteiger partial charge in [0.2, 0.25) is 5.91 Å². The SMILES string of the molecule is CC1CCN(C(=O)C(C)N(C)CCCc2cc(-c3ccc(F)cc3)n[nH]2)CC1. The molecule has 1 saturated heterocycles. The van der Waals surface area contributed by atoms with E-state index in [-0.39, 0.29) is 17.8 Å². The summed E-state index contributed by atoms with van der Waals surface area (Å²) in [6, 6.07) is 8.27. The number of hydrogen-bond donors (Lipinski definition) is 1. The van der Waals surface area contributed by atoms with Crippen LogP contribution in [0.3, 0.4) is 0 Å². The van der Waals surface area contributed by atoms with Crippen molar-refractivity contribution in [3.05, 3.63) is 41.8 Å². The van der Waals surface area contributed by atoms with Crippen molar-refractivity contribution in [2.75, 3.05) is 26.7 Å². The lowest BCUT2D eigenvalue weighted by molar-refractivity contribution is -0.137. The Bertz CT molecular complexity index is 765. The first kappa shape index (κ1) is 20.5. The first-order valence-electron chi connectivity index (χ1n) is 10.2. The van der Waals surface area contributed by atoms with Crippen LogP contribution in [0.5, 0.6) is 0 Å². The Kier molecular flexibility index (Phi) is 6.83. The molecule has 28 heavy (non-hydrogen) atoms. The molecule has 0 radical (unpaired) electrons. The van der Waals surface area contributed by atoms with Crippen molar-refractivity contribution >= 4 is 5.91 Å². The Morgan fingerprint density at radius 1 is 1.32 bits per heavy atom. The fraction of sp³-hybridized carbons (Fsp3) is 0.545. The van der Waals surface area contributed by atoms with Gasteiger partial charge in [-0.1, -0.05) is 6.92 Å². The number of carbonyl (C=O) groups is 1. The molecule has 3 rings (SSSR count). The van der Waals surface area contributed by atoms with Crippen LogP contribution in [0.4, 0.5) is 4.39 Å². The summed E-state index contributed by atoms with van der Waals surface area (Å²) >= 11 is 0. The fourth-order valence-corrected chi connectivity index (χ4v) is 3.65.